The molecule has 0 amide bonds. The second kappa shape index (κ2) is 9.11. The van der Waals surface area contributed by atoms with Crippen LogP contribution in [-0.2, 0) is 7.05 Å². The third kappa shape index (κ3) is 3.15. The number of aryl methyl sites for hydroxylation is 1. The number of benzene rings is 1. The highest BCUT2D eigenvalue weighted by Gasteiger charge is 2.55. The monoisotopic (exact) mass is 688 g/mol. The van der Waals surface area contributed by atoms with Crippen LogP contribution in [0.15, 0.2) is 48.6 Å². The molecule has 0 aliphatic heterocycles. The maximum atomic E-state index is 12.0. The van der Waals surface area contributed by atoms with Crippen LogP contribution in [0.2, 0.25) is 0 Å². The Bertz CT molecular complexity index is 2350. The molecule has 8 N–H and O–H groups in total. The van der Waals surface area contributed by atoms with Gasteiger partial charge in [0.25, 0.3) is 0 Å². The van der Waals surface area contributed by atoms with E-state index in [0.29, 0.717) is 63.0 Å². The van der Waals surface area contributed by atoms with Crippen LogP contribution in [0.1, 0.15) is 105 Å². The molecule has 8 atom stereocenters. The molecule has 0 spiro atoms. The van der Waals surface area contributed by atoms with E-state index in [-0.39, 0.29) is 71.0 Å². The van der Waals surface area contributed by atoms with Gasteiger partial charge in [0.15, 0.2) is 35.3 Å². The maximum absolute atomic E-state index is 12.0. The quantitative estimate of drug-likeness (QED) is 0.108. The lowest BCUT2D eigenvalue weighted by atomic mass is 9.70. The summed E-state index contributed by atoms with van der Waals surface area (Å²) in [7, 11) is 1.57. The number of fused-ring (bicyclic) bond motifs is 2. The number of rotatable bonds is 3. The molecule has 1 aromatic carbocycles. The minimum Gasteiger partial charge on any atom is -0.494 e. The molecule has 13 rings (SSSR count). The lowest BCUT2D eigenvalue weighted by Crippen LogP contribution is -2.25. The van der Waals surface area contributed by atoms with Crippen LogP contribution >= 0.6 is 0 Å². The lowest BCUT2D eigenvalue weighted by molar-refractivity contribution is 0.193. The molecule has 2 fully saturated rings. The van der Waals surface area contributed by atoms with E-state index >= 15 is 0 Å². The molecule has 0 saturated heterocycles. The van der Waals surface area contributed by atoms with E-state index < -0.39 is 23.7 Å². The first-order chi connectivity index (χ1) is 24.5. The molecule has 4 aromatic heterocycles. The van der Waals surface area contributed by atoms with Crippen molar-refractivity contribution < 1.29 is 40.9 Å². The van der Waals surface area contributed by atoms with Crippen molar-refractivity contribution in [3.63, 3.8) is 0 Å². The number of nitrogens with zero attached hydrogens (tertiary/aromatic N) is 4. The predicted molar refractivity (Wildman–Crippen MR) is 183 cm³/mol. The average Bonchev–Trinajstić information content (AvgIpc) is 3.95. The van der Waals surface area contributed by atoms with Gasteiger partial charge >= 0.3 is 0 Å². The Hall–Kier alpha value is -5.78. The van der Waals surface area contributed by atoms with Gasteiger partial charge in [-0.05, 0) is 44.2 Å². The Morgan fingerprint density at radius 1 is 0.471 bits per heavy atom. The van der Waals surface area contributed by atoms with E-state index in [4.69, 9.17) is 0 Å². The van der Waals surface area contributed by atoms with Crippen LogP contribution < -0.4 is 0 Å². The Morgan fingerprint density at radius 2 is 0.824 bits per heavy atom. The molecule has 12 heteroatoms. The van der Waals surface area contributed by atoms with Crippen molar-refractivity contribution in [2.75, 3.05) is 0 Å². The van der Waals surface area contributed by atoms with E-state index in [1.54, 1.807) is 16.2 Å². The van der Waals surface area contributed by atoms with Gasteiger partial charge in [-0.1, -0.05) is 42.0 Å². The van der Waals surface area contributed by atoms with Crippen LogP contribution in [0.3, 0.4) is 0 Å². The molecular formula is C39H36N4O8. The topological polar surface area (TPSA) is 182 Å². The molecule has 5 aromatic rings. The number of aromatic hydroxyl groups is 8. The first-order valence-corrected chi connectivity index (χ1v) is 17.5. The molecule has 8 aliphatic carbocycles. The predicted octanol–water partition coefficient (Wildman–Crippen LogP) is 5.88. The van der Waals surface area contributed by atoms with Crippen molar-refractivity contribution in [3.05, 3.63) is 98.6 Å². The van der Waals surface area contributed by atoms with E-state index in [1.807, 2.05) is 55.5 Å². The molecule has 2 saturated carbocycles. The minimum absolute atomic E-state index is 0.0785. The zero-order chi connectivity index (χ0) is 35.1. The first kappa shape index (κ1) is 29.0. The highest BCUT2D eigenvalue weighted by Crippen LogP contribution is 2.67. The fourth-order valence-electron chi connectivity index (χ4n) is 11.2. The van der Waals surface area contributed by atoms with E-state index in [1.165, 1.54) is 9.13 Å². The lowest BCUT2D eigenvalue weighted by Gasteiger charge is -2.33. The van der Waals surface area contributed by atoms with Gasteiger partial charge in [0, 0.05) is 93.2 Å². The summed E-state index contributed by atoms with van der Waals surface area (Å²) in [6, 6.07) is 6.74. The summed E-state index contributed by atoms with van der Waals surface area (Å²) in [5.74, 6) is -2.95. The summed E-state index contributed by atoms with van der Waals surface area (Å²) >= 11 is 0. The summed E-state index contributed by atoms with van der Waals surface area (Å²) < 4.78 is 5.90. The summed E-state index contributed by atoms with van der Waals surface area (Å²) in [6.45, 7) is 1.96. The van der Waals surface area contributed by atoms with E-state index in [9.17, 15) is 40.9 Å². The van der Waals surface area contributed by atoms with Crippen LogP contribution in [0.5, 0.6) is 47.0 Å². The number of hydrogen-bond donors (Lipinski definition) is 8. The van der Waals surface area contributed by atoms with Gasteiger partial charge in [-0.3, -0.25) is 18.3 Å². The zero-order valence-corrected chi connectivity index (χ0v) is 27.7. The fraction of sp³-hybridized carbons (Fsp3) is 0.333. The Balaban J connectivity index is 0.991. The third-order valence-electron chi connectivity index (χ3n) is 13.2. The van der Waals surface area contributed by atoms with Gasteiger partial charge in [0.1, 0.15) is 0 Å². The van der Waals surface area contributed by atoms with Gasteiger partial charge < -0.3 is 40.9 Å². The highest BCUT2D eigenvalue weighted by atomic mass is 16.3. The van der Waals surface area contributed by atoms with Gasteiger partial charge in [-0.2, -0.15) is 0 Å². The molecule has 8 unspecified atom stereocenters. The van der Waals surface area contributed by atoms with E-state index in [0.717, 1.165) is 12.0 Å². The number of aromatic nitrogens is 4. The maximum Gasteiger partial charge on any atom is 0.203 e. The Labute approximate surface area is 290 Å². The number of hydrogen-bond acceptors (Lipinski definition) is 8. The van der Waals surface area contributed by atoms with Gasteiger partial charge in [-0.15, -0.1) is 0 Å². The second-order valence-corrected chi connectivity index (χ2v) is 15.4. The average molecular weight is 689 g/mol. The first-order valence-electron chi connectivity index (χ1n) is 17.5. The van der Waals surface area contributed by atoms with Gasteiger partial charge in [0.2, 0.25) is 11.8 Å². The van der Waals surface area contributed by atoms with Crippen LogP contribution in [0, 0.1) is 18.8 Å². The van der Waals surface area contributed by atoms with Crippen molar-refractivity contribution in [2.45, 2.75) is 61.9 Å². The third-order valence-corrected chi connectivity index (χ3v) is 13.2. The Morgan fingerprint density at radius 3 is 1.20 bits per heavy atom. The molecule has 260 valence electrons. The summed E-state index contributed by atoms with van der Waals surface area (Å²) in [5, 5.41) is 92.5. The van der Waals surface area contributed by atoms with Crippen molar-refractivity contribution >= 4 is 0 Å². The van der Waals surface area contributed by atoms with E-state index in [2.05, 4.69) is 0 Å². The van der Waals surface area contributed by atoms with Crippen LogP contribution in [-0.4, -0.2) is 59.1 Å². The van der Waals surface area contributed by atoms with Crippen LogP contribution in [0.4, 0.5) is 0 Å². The summed E-state index contributed by atoms with van der Waals surface area (Å²) in [6.07, 6.45) is 9.72. The molecule has 8 aliphatic rings. The number of allylic oxidation sites excluding steroid dienone is 4. The largest absolute Gasteiger partial charge is 0.494 e. The van der Waals surface area contributed by atoms with Crippen molar-refractivity contribution in [1.82, 2.24) is 18.3 Å². The van der Waals surface area contributed by atoms with Crippen molar-refractivity contribution in [2.24, 2.45) is 18.9 Å². The fourth-order valence-corrected chi connectivity index (χ4v) is 11.2. The summed E-state index contributed by atoms with van der Waals surface area (Å²) in [4.78, 5) is 0. The molecule has 4 heterocycles. The van der Waals surface area contributed by atoms with Crippen molar-refractivity contribution in [1.29, 1.82) is 0 Å². The molecule has 12 nitrogen and oxygen atoms in total. The minimum atomic E-state index is -0.596. The standard InChI is InChI=1S/C39H36N4O8/c1-14-3-5-16(6-4-14)41-34(46)26-19-9-10-20(27(26)35(41)47)31-30(19)38(50)43(39(31)51)23-13-15-11-21(23)22(12-15)42-36(48)28-17-7-8-18(29(28)37(42)49)25-24(17)32(44)40(2)33(25)45/h3-10,15,17-23,44-51H,11-13H2,1-2H3. The molecular weight excluding hydrogens is 652 g/mol. The van der Waals surface area contributed by atoms with Gasteiger partial charge in [-0.25, -0.2) is 0 Å². The molecule has 0 radical (unpaired) electrons. The normalized spacial score (nSPS) is 28.4. The summed E-state index contributed by atoms with van der Waals surface area (Å²) in [5.41, 5.74) is 5.74. The zero-order valence-electron chi connectivity index (χ0n) is 27.7. The second-order valence-electron chi connectivity index (χ2n) is 15.4. The van der Waals surface area contributed by atoms with Crippen molar-refractivity contribution in [3.8, 4) is 52.7 Å². The highest BCUT2D eigenvalue weighted by molar-refractivity contribution is 5.73. The van der Waals surface area contributed by atoms with Gasteiger partial charge in [0.05, 0.1) is 5.69 Å². The molecule has 6 bridgehead atoms. The van der Waals surface area contributed by atoms with Crippen LogP contribution in [0.25, 0.3) is 5.69 Å². The SMILES string of the molecule is Cc1ccc(-n2c(O)c3c(c2O)C2C=CC3c3c2c(O)n(C2CC4CC2C(n2c(O)c5c(c2O)C2C=CC5c5c2c(O)n(C)c5O)C4)c3O)cc1. The Kier molecular flexibility index (Phi) is 5.18. The molecule has 51 heavy (non-hydrogen) atoms. The smallest absolute Gasteiger partial charge is 0.203 e.